The summed E-state index contributed by atoms with van der Waals surface area (Å²) < 4.78 is 5.67. The number of hydrogen-bond donors (Lipinski definition) is 2. The number of hydrogen-bond acceptors (Lipinski definition) is 3. The largest absolute Gasteiger partial charge is 0.397 e. The second-order valence-electron chi connectivity index (χ2n) is 4.46. The number of aryl methyl sites for hydroxylation is 1. The number of nitrogens with two attached hydrogens (primary N) is 1. The molecule has 0 aliphatic carbocycles. The van der Waals surface area contributed by atoms with Gasteiger partial charge >= 0.3 is 0 Å². The molecule has 0 aromatic heterocycles. The lowest BCUT2D eigenvalue weighted by Crippen LogP contribution is -2.27. The third-order valence-corrected chi connectivity index (χ3v) is 3.00. The number of nitrogens with one attached hydrogen (secondary N) is 1. The maximum atomic E-state index is 5.90. The van der Waals surface area contributed by atoms with Crippen molar-refractivity contribution in [3.8, 4) is 0 Å². The first-order valence-electron chi connectivity index (χ1n) is 5.97. The molecule has 3 heteroatoms. The van der Waals surface area contributed by atoms with Crippen LogP contribution >= 0.6 is 0 Å². The van der Waals surface area contributed by atoms with E-state index in [-0.39, 0.29) is 0 Å². The van der Waals surface area contributed by atoms with E-state index in [9.17, 15) is 0 Å². The fourth-order valence-corrected chi connectivity index (χ4v) is 2.02. The van der Waals surface area contributed by atoms with Gasteiger partial charge in [0.25, 0.3) is 0 Å². The molecule has 1 aliphatic rings. The van der Waals surface area contributed by atoms with Gasteiger partial charge in [0, 0.05) is 13.2 Å². The molecule has 16 heavy (non-hydrogen) atoms. The van der Waals surface area contributed by atoms with Crippen LogP contribution in [0, 0.1) is 6.92 Å². The summed E-state index contributed by atoms with van der Waals surface area (Å²) in [4.78, 5) is 0. The van der Waals surface area contributed by atoms with Crippen molar-refractivity contribution in [2.24, 2.45) is 0 Å². The first-order valence-corrected chi connectivity index (χ1v) is 5.97. The van der Waals surface area contributed by atoms with E-state index in [1.54, 1.807) is 0 Å². The van der Waals surface area contributed by atoms with Crippen molar-refractivity contribution in [1.82, 2.24) is 0 Å². The molecule has 1 heterocycles. The number of anilines is 2. The molecular formula is C13H20N2O. The van der Waals surface area contributed by atoms with Gasteiger partial charge in [-0.05, 0) is 43.9 Å². The Morgan fingerprint density at radius 3 is 3.06 bits per heavy atom. The molecule has 1 aromatic rings. The van der Waals surface area contributed by atoms with E-state index in [0.29, 0.717) is 6.10 Å². The average Bonchev–Trinajstić information content (AvgIpc) is 2.32. The van der Waals surface area contributed by atoms with Gasteiger partial charge in [0.2, 0.25) is 0 Å². The fraction of sp³-hybridized carbons (Fsp3) is 0.538. The standard InChI is InChI=1S/C13H20N2O/c1-10-5-6-12(14)13(8-10)15-9-11-4-2-3-7-16-11/h5-6,8,11,15H,2-4,7,9,14H2,1H3. The van der Waals surface area contributed by atoms with Gasteiger partial charge in [-0.2, -0.15) is 0 Å². The van der Waals surface area contributed by atoms with Crippen LogP contribution in [0.1, 0.15) is 24.8 Å². The van der Waals surface area contributed by atoms with E-state index >= 15 is 0 Å². The van der Waals surface area contributed by atoms with Crippen molar-refractivity contribution < 1.29 is 4.74 Å². The fourth-order valence-electron chi connectivity index (χ4n) is 2.02. The highest BCUT2D eigenvalue weighted by Crippen LogP contribution is 2.20. The third-order valence-electron chi connectivity index (χ3n) is 3.00. The summed E-state index contributed by atoms with van der Waals surface area (Å²) in [6.07, 6.45) is 3.96. The van der Waals surface area contributed by atoms with Gasteiger partial charge < -0.3 is 15.8 Å². The summed E-state index contributed by atoms with van der Waals surface area (Å²) in [6.45, 7) is 3.82. The predicted octanol–water partition coefficient (Wildman–Crippen LogP) is 2.56. The SMILES string of the molecule is Cc1ccc(N)c(NCC2CCCCO2)c1. The molecule has 3 nitrogen and oxygen atoms in total. The van der Waals surface area contributed by atoms with Crippen LogP contribution in [0.2, 0.25) is 0 Å². The Hall–Kier alpha value is -1.22. The highest BCUT2D eigenvalue weighted by molar-refractivity contribution is 5.66. The smallest absolute Gasteiger partial charge is 0.0747 e. The van der Waals surface area contributed by atoms with Crippen molar-refractivity contribution in [3.05, 3.63) is 23.8 Å². The van der Waals surface area contributed by atoms with Crippen LogP contribution in [0.3, 0.4) is 0 Å². The van der Waals surface area contributed by atoms with Gasteiger partial charge in [0.05, 0.1) is 17.5 Å². The molecule has 0 bridgehead atoms. The summed E-state index contributed by atoms with van der Waals surface area (Å²) in [5.74, 6) is 0. The number of benzene rings is 1. The van der Waals surface area contributed by atoms with Crippen LogP contribution in [0.5, 0.6) is 0 Å². The van der Waals surface area contributed by atoms with Crippen LogP contribution in [0.4, 0.5) is 11.4 Å². The Morgan fingerprint density at radius 2 is 2.31 bits per heavy atom. The van der Waals surface area contributed by atoms with Gasteiger partial charge in [-0.15, -0.1) is 0 Å². The normalized spacial score (nSPS) is 20.7. The molecule has 1 atom stereocenters. The third kappa shape index (κ3) is 2.89. The molecule has 88 valence electrons. The molecule has 0 spiro atoms. The molecule has 1 aromatic carbocycles. The van der Waals surface area contributed by atoms with Crippen molar-refractivity contribution in [2.75, 3.05) is 24.2 Å². The zero-order valence-electron chi connectivity index (χ0n) is 9.83. The van der Waals surface area contributed by atoms with Crippen LogP contribution in [-0.2, 0) is 4.74 Å². The quantitative estimate of drug-likeness (QED) is 0.770. The monoisotopic (exact) mass is 220 g/mol. The maximum Gasteiger partial charge on any atom is 0.0747 e. The van der Waals surface area contributed by atoms with E-state index in [4.69, 9.17) is 10.5 Å². The molecule has 1 aliphatic heterocycles. The predicted molar refractivity (Wildman–Crippen MR) is 67.7 cm³/mol. The summed E-state index contributed by atoms with van der Waals surface area (Å²) in [7, 11) is 0. The van der Waals surface area contributed by atoms with Crippen LogP contribution in [-0.4, -0.2) is 19.3 Å². The minimum atomic E-state index is 0.341. The van der Waals surface area contributed by atoms with Crippen molar-refractivity contribution in [3.63, 3.8) is 0 Å². The highest BCUT2D eigenvalue weighted by atomic mass is 16.5. The zero-order valence-corrected chi connectivity index (χ0v) is 9.83. The zero-order chi connectivity index (χ0) is 11.4. The first kappa shape index (κ1) is 11.3. The summed E-state index contributed by atoms with van der Waals surface area (Å²) in [5, 5.41) is 3.37. The molecule has 3 N–H and O–H groups in total. The molecule has 0 amide bonds. The molecule has 0 radical (unpaired) electrons. The number of ether oxygens (including phenoxy) is 1. The Kier molecular flexibility index (Phi) is 3.67. The summed E-state index contributed by atoms with van der Waals surface area (Å²) in [5.41, 5.74) is 8.95. The van der Waals surface area contributed by atoms with E-state index in [2.05, 4.69) is 18.3 Å². The second kappa shape index (κ2) is 5.21. The van der Waals surface area contributed by atoms with Gasteiger partial charge in [-0.1, -0.05) is 6.07 Å². The topological polar surface area (TPSA) is 47.3 Å². The average molecular weight is 220 g/mol. The lowest BCUT2D eigenvalue weighted by atomic mass is 10.1. The number of rotatable bonds is 3. The first-order chi connectivity index (χ1) is 7.75. The second-order valence-corrected chi connectivity index (χ2v) is 4.46. The molecule has 1 fully saturated rings. The lowest BCUT2D eigenvalue weighted by molar-refractivity contribution is 0.0248. The molecule has 2 rings (SSSR count). The highest BCUT2D eigenvalue weighted by Gasteiger charge is 2.13. The number of nitrogen functional groups attached to an aromatic ring is 1. The molecule has 0 saturated carbocycles. The molecule has 1 saturated heterocycles. The van der Waals surface area contributed by atoms with E-state index in [0.717, 1.165) is 30.9 Å². The van der Waals surface area contributed by atoms with Gasteiger partial charge in [0.15, 0.2) is 0 Å². The van der Waals surface area contributed by atoms with Crippen LogP contribution in [0.25, 0.3) is 0 Å². The van der Waals surface area contributed by atoms with Crippen LogP contribution < -0.4 is 11.1 Å². The van der Waals surface area contributed by atoms with Gasteiger partial charge in [-0.25, -0.2) is 0 Å². The Bertz CT molecular complexity index is 346. The minimum absolute atomic E-state index is 0.341. The molecule has 1 unspecified atom stereocenters. The Morgan fingerprint density at radius 1 is 1.44 bits per heavy atom. The van der Waals surface area contributed by atoms with Gasteiger partial charge in [0.1, 0.15) is 0 Å². The van der Waals surface area contributed by atoms with Crippen molar-refractivity contribution in [1.29, 1.82) is 0 Å². The lowest BCUT2D eigenvalue weighted by Gasteiger charge is -2.23. The van der Waals surface area contributed by atoms with E-state index < -0.39 is 0 Å². The van der Waals surface area contributed by atoms with Crippen LogP contribution in [0.15, 0.2) is 18.2 Å². The molecular weight excluding hydrogens is 200 g/mol. The Labute approximate surface area is 97.0 Å². The van der Waals surface area contributed by atoms with Crippen molar-refractivity contribution >= 4 is 11.4 Å². The maximum absolute atomic E-state index is 5.90. The van der Waals surface area contributed by atoms with Crippen molar-refractivity contribution in [2.45, 2.75) is 32.3 Å². The summed E-state index contributed by atoms with van der Waals surface area (Å²) in [6, 6.07) is 6.05. The van der Waals surface area contributed by atoms with Gasteiger partial charge in [-0.3, -0.25) is 0 Å². The minimum Gasteiger partial charge on any atom is -0.397 e. The van der Waals surface area contributed by atoms with E-state index in [1.165, 1.54) is 18.4 Å². The van der Waals surface area contributed by atoms with E-state index in [1.807, 2.05) is 12.1 Å². The Balaban J connectivity index is 1.90. The summed E-state index contributed by atoms with van der Waals surface area (Å²) >= 11 is 0.